The van der Waals surface area contributed by atoms with E-state index in [0.29, 0.717) is 0 Å². The van der Waals surface area contributed by atoms with Gasteiger partial charge in [-0.1, -0.05) is 24.3 Å². The van der Waals surface area contributed by atoms with E-state index >= 15 is 0 Å². The molecule has 0 aromatic carbocycles. The highest BCUT2D eigenvalue weighted by molar-refractivity contribution is 7.10. The van der Waals surface area contributed by atoms with Gasteiger partial charge in [-0.05, 0) is 94.4 Å². The minimum absolute atomic E-state index is 0.807. The molecule has 2 aliphatic heterocycles. The highest BCUT2D eigenvalue weighted by atomic mass is 32.1. The number of aromatic nitrogens is 4. The summed E-state index contributed by atoms with van der Waals surface area (Å²) in [7, 11) is 0. The van der Waals surface area contributed by atoms with Crippen LogP contribution >= 0.6 is 45.3 Å². The number of nitrogens with one attached hydrogen (secondary N) is 2. The molecule has 0 saturated heterocycles. The number of fused-ring (bicyclic) bond motifs is 8. The molecule has 0 aliphatic carbocycles. The second-order valence-corrected chi connectivity index (χ2v) is 16.1. The van der Waals surface area contributed by atoms with Crippen molar-refractivity contribution in [3.8, 4) is 0 Å². The van der Waals surface area contributed by atoms with Gasteiger partial charge in [-0.15, -0.1) is 45.3 Å². The van der Waals surface area contributed by atoms with Gasteiger partial charge in [0.05, 0.1) is 22.8 Å². The zero-order valence-corrected chi connectivity index (χ0v) is 29.2. The fraction of sp³-hybridized carbons (Fsp3) is 0.100. The van der Waals surface area contributed by atoms with Gasteiger partial charge in [-0.25, -0.2) is 9.97 Å². The van der Waals surface area contributed by atoms with Gasteiger partial charge in [0.25, 0.3) is 0 Å². The van der Waals surface area contributed by atoms with Crippen molar-refractivity contribution in [1.82, 2.24) is 19.9 Å². The fourth-order valence-corrected chi connectivity index (χ4v) is 9.40. The maximum absolute atomic E-state index is 5.37. The SMILES string of the molecule is C1=Cc2nc1c(Cc1cccs1)c1ccc([nH]1)c(Cc1cccs1)c1nc(c(Cc3cccs3)c3ccc([nH]3)c2Cc2cccs2)C=C1. The van der Waals surface area contributed by atoms with Crippen molar-refractivity contribution in [2.75, 3.05) is 0 Å². The lowest BCUT2D eigenvalue weighted by Crippen LogP contribution is -1.95. The van der Waals surface area contributed by atoms with E-state index < -0.39 is 0 Å². The van der Waals surface area contributed by atoms with Crippen LogP contribution in [-0.4, -0.2) is 19.9 Å². The minimum Gasteiger partial charge on any atom is -0.355 e. The van der Waals surface area contributed by atoms with Crippen molar-refractivity contribution in [2.45, 2.75) is 25.7 Å². The molecular weight excluding hydrogens is 665 g/mol. The van der Waals surface area contributed by atoms with E-state index in [9.17, 15) is 0 Å². The lowest BCUT2D eigenvalue weighted by molar-refractivity contribution is 1.14. The Morgan fingerprint density at radius 2 is 0.646 bits per heavy atom. The summed E-state index contributed by atoms with van der Waals surface area (Å²) in [5.74, 6) is 0. The van der Waals surface area contributed by atoms with Crippen LogP contribution in [0.4, 0.5) is 0 Å². The molecule has 8 heteroatoms. The molecule has 0 unspecified atom stereocenters. The number of H-pyrrole nitrogens is 2. The monoisotopic (exact) mass is 694 g/mol. The molecule has 0 fully saturated rings. The number of hydrogen-bond donors (Lipinski definition) is 2. The van der Waals surface area contributed by atoms with Crippen LogP contribution in [0.1, 0.15) is 64.5 Å². The van der Waals surface area contributed by atoms with Gasteiger partial charge in [0.2, 0.25) is 0 Å². The van der Waals surface area contributed by atoms with Crippen molar-refractivity contribution in [2.24, 2.45) is 0 Å². The summed E-state index contributed by atoms with van der Waals surface area (Å²) in [5, 5.41) is 8.61. The molecule has 4 nitrogen and oxygen atoms in total. The summed E-state index contributed by atoms with van der Waals surface area (Å²) in [5.41, 5.74) is 13.2. The molecule has 0 amide bonds. The molecule has 234 valence electrons. The Hall–Kier alpha value is -4.60. The summed E-state index contributed by atoms with van der Waals surface area (Å²) in [6.45, 7) is 0. The molecule has 0 saturated carbocycles. The number of thiophene rings is 4. The Morgan fingerprint density at radius 3 is 0.875 bits per heavy atom. The summed E-state index contributed by atoms with van der Waals surface area (Å²) in [6, 6.07) is 26.3. The van der Waals surface area contributed by atoms with Crippen LogP contribution in [0.2, 0.25) is 0 Å². The minimum atomic E-state index is 0.807. The van der Waals surface area contributed by atoms with Crippen molar-refractivity contribution >= 4 is 91.7 Å². The molecule has 9 rings (SSSR count). The van der Waals surface area contributed by atoms with Crippen LogP contribution in [0, 0.1) is 0 Å². The Bertz CT molecular complexity index is 2100. The normalized spacial score (nSPS) is 12.3. The van der Waals surface area contributed by atoms with E-state index in [0.717, 1.165) is 70.5 Å². The van der Waals surface area contributed by atoms with Crippen molar-refractivity contribution in [3.63, 3.8) is 0 Å². The van der Waals surface area contributed by atoms with Crippen molar-refractivity contribution < 1.29 is 0 Å². The van der Waals surface area contributed by atoms with Crippen LogP contribution in [0.25, 0.3) is 46.4 Å². The van der Waals surface area contributed by atoms with Crippen LogP contribution < -0.4 is 0 Å². The molecule has 48 heavy (non-hydrogen) atoms. The molecule has 8 bridgehead atoms. The van der Waals surface area contributed by atoms with E-state index in [1.807, 2.05) is 0 Å². The summed E-state index contributed by atoms with van der Waals surface area (Å²) >= 11 is 7.16. The topological polar surface area (TPSA) is 57.4 Å². The number of aromatic amines is 2. The second-order valence-electron chi connectivity index (χ2n) is 11.9. The quantitative estimate of drug-likeness (QED) is 0.166. The van der Waals surface area contributed by atoms with Crippen LogP contribution in [0.15, 0.2) is 94.3 Å². The van der Waals surface area contributed by atoms with Gasteiger partial charge >= 0.3 is 0 Å². The molecular formula is C40H30N4S4. The maximum Gasteiger partial charge on any atom is 0.0694 e. The van der Waals surface area contributed by atoms with Gasteiger partial charge in [0.1, 0.15) is 0 Å². The first-order chi connectivity index (χ1) is 23.7. The Kier molecular flexibility index (Phi) is 7.86. The lowest BCUT2D eigenvalue weighted by Gasteiger charge is -2.05. The number of hydrogen-bond acceptors (Lipinski definition) is 6. The molecule has 7 aromatic heterocycles. The highest BCUT2D eigenvalue weighted by Crippen LogP contribution is 2.32. The standard InChI is InChI=1S/C40H30N4S4/c1-5-25(45-17-1)21-29-33-9-11-35(41-33)30(22-26-6-2-18-46-26)37-13-15-39(43-37)32(24-28-8-4-20-48-28)40-16-14-38(44-40)31(23-27-7-3-19-47-27)36-12-10-34(29)42-36/h1-20,41,44H,21-24H2. The largest absolute Gasteiger partial charge is 0.355 e. The van der Waals surface area contributed by atoms with E-state index in [1.165, 1.54) is 41.8 Å². The van der Waals surface area contributed by atoms with E-state index in [4.69, 9.17) is 9.97 Å². The first kappa shape index (κ1) is 29.5. The van der Waals surface area contributed by atoms with Gasteiger partial charge in [0, 0.05) is 89.5 Å². The molecule has 2 N–H and O–H groups in total. The van der Waals surface area contributed by atoms with Gasteiger partial charge in [-0.3, -0.25) is 0 Å². The van der Waals surface area contributed by atoms with Gasteiger partial charge in [0.15, 0.2) is 0 Å². The van der Waals surface area contributed by atoms with Crippen molar-refractivity contribution in [1.29, 1.82) is 0 Å². The third-order valence-electron chi connectivity index (χ3n) is 8.91. The molecule has 0 radical (unpaired) electrons. The second kappa shape index (κ2) is 12.8. The Balaban J connectivity index is 1.37. The fourth-order valence-electron chi connectivity index (χ4n) is 6.54. The zero-order valence-electron chi connectivity index (χ0n) is 25.9. The zero-order chi connectivity index (χ0) is 31.9. The first-order valence-corrected chi connectivity index (χ1v) is 19.5. The predicted octanol–water partition coefficient (Wildman–Crippen LogP) is 11.3. The molecule has 0 spiro atoms. The molecule has 7 aromatic rings. The van der Waals surface area contributed by atoms with Gasteiger partial charge in [-0.2, -0.15) is 0 Å². The molecule has 2 aliphatic rings. The van der Waals surface area contributed by atoms with Crippen LogP contribution in [0.3, 0.4) is 0 Å². The van der Waals surface area contributed by atoms with E-state index in [-0.39, 0.29) is 0 Å². The molecule has 9 heterocycles. The summed E-state index contributed by atoms with van der Waals surface area (Å²) in [4.78, 5) is 23.7. The Labute approximate surface area is 294 Å². The smallest absolute Gasteiger partial charge is 0.0694 e. The highest BCUT2D eigenvalue weighted by Gasteiger charge is 2.18. The lowest BCUT2D eigenvalue weighted by atomic mass is 10.1. The third kappa shape index (κ3) is 5.86. The first-order valence-electron chi connectivity index (χ1n) is 15.9. The van der Waals surface area contributed by atoms with Crippen LogP contribution in [0.5, 0.6) is 0 Å². The van der Waals surface area contributed by atoms with E-state index in [1.54, 1.807) is 45.3 Å². The average Bonchev–Trinajstić information content (AvgIpc) is 3.96. The summed E-state index contributed by atoms with van der Waals surface area (Å²) in [6.07, 6.45) is 12.0. The Morgan fingerprint density at radius 1 is 0.375 bits per heavy atom. The predicted molar refractivity (Wildman–Crippen MR) is 207 cm³/mol. The van der Waals surface area contributed by atoms with Crippen LogP contribution in [-0.2, 0) is 25.7 Å². The van der Waals surface area contributed by atoms with Gasteiger partial charge < -0.3 is 9.97 Å². The number of rotatable bonds is 8. The third-order valence-corrected chi connectivity index (χ3v) is 12.4. The van der Waals surface area contributed by atoms with Crippen molar-refractivity contribution in [3.05, 3.63) is 159 Å². The number of nitrogens with zero attached hydrogens (tertiary/aromatic N) is 2. The molecule has 0 atom stereocenters. The van der Waals surface area contributed by atoms with E-state index in [2.05, 4.69) is 129 Å². The maximum atomic E-state index is 5.37. The average molecular weight is 695 g/mol. The summed E-state index contributed by atoms with van der Waals surface area (Å²) < 4.78 is 0.